The quantitative estimate of drug-likeness (QED) is 0.908. The van der Waals surface area contributed by atoms with Crippen LogP contribution in [0.2, 0.25) is 0 Å². The van der Waals surface area contributed by atoms with Crippen molar-refractivity contribution in [2.24, 2.45) is 0 Å². The molecule has 2 aromatic rings. The molecule has 0 bridgehead atoms. The fraction of sp³-hybridized carbons (Fsp3) is 0.154. The van der Waals surface area contributed by atoms with Crippen LogP contribution in [0, 0.1) is 18.6 Å². The molecule has 21 heavy (non-hydrogen) atoms. The van der Waals surface area contributed by atoms with E-state index in [1.165, 1.54) is 11.3 Å². The van der Waals surface area contributed by atoms with E-state index in [0.717, 1.165) is 5.01 Å². The Morgan fingerprint density at radius 2 is 1.90 bits per heavy atom. The number of benzene rings is 1. The van der Waals surface area contributed by atoms with Gasteiger partial charge in [0.2, 0.25) is 0 Å². The predicted molar refractivity (Wildman–Crippen MR) is 71.3 cm³/mol. The van der Waals surface area contributed by atoms with Gasteiger partial charge in [-0.05, 0) is 19.1 Å². The van der Waals surface area contributed by atoms with Gasteiger partial charge in [0.05, 0.1) is 28.4 Å². The molecule has 0 saturated heterocycles. The Balaban J connectivity index is 2.22. The van der Waals surface area contributed by atoms with Gasteiger partial charge in [-0.15, -0.1) is 11.3 Å². The Hall–Kier alpha value is -2.35. The number of hydrogen-bond donors (Lipinski definition) is 2. The van der Waals surface area contributed by atoms with Crippen LogP contribution in [0.5, 0.6) is 0 Å². The third kappa shape index (κ3) is 3.40. The molecule has 0 fully saturated rings. The molecule has 0 unspecified atom stereocenters. The molecule has 2 N–H and O–H groups in total. The number of amides is 1. The smallest absolute Gasteiger partial charge is 0.336 e. The highest BCUT2D eigenvalue weighted by atomic mass is 32.1. The lowest BCUT2D eigenvalue weighted by Gasteiger charge is -2.07. The van der Waals surface area contributed by atoms with E-state index in [1.54, 1.807) is 12.3 Å². The standard InChI is InChI=1S/C13H10F2N2O3S/c1-6-17-7(5-21-6)4-16-12(18)8-2-10(14)11(15)3-9(8)13(19)20/h2-3,5H,4H2,1H3,(H,16,18)(H,19,20). The summed E-state index contributed by atoms with van der Waals surface area (Å²) >= 11 is 1.40. The second kappa shape index (κ2) is 5.96. The fourth-order valence-corrected chi connectivity index (χ4v) is 2.28. The van der Waals surface area contributed by atoms with Crippen LogP contribution in [0.4, 0.5) is 8.78 Å². The Morgan fingerprint density at radius 3 is 2.43 bits per heavy atom. The third-order valence-electron chi connectivity index (χ3n) is 2.63. The minimum absolute atomic E-state index is 0.0707. The summed E-state index contributed by atoms with van der Waals surface area (Å²) in [5.41, 5.74) is -0.431. The summed E-state index contributed by atoms with van der Waals surface area (Å²) in [4.78, 5) is 27.0. The summed E-state index contributed by atoms with van der Waals surface area (Å²) in [5.74, 6) is -4.92. The second-order valence-corrected chi connectivity index (χ2v) is 5.22. The molecule has 0 aliphatic heterocycles. The number of halogens is 2. The van der Waals surface area contributed by atoms with Crippen LogP contribution in [0.25, 0.3) is 0 Å². The molecule has 110 valence electrons. The average Bonchev–Trinajstić information content (AvgIpc) is 2.84. The summed E-state index contributed by atoms with van der Waals surface area (Å²) in [6.45, 7) is 1.87. The number of hydrogen-bond acceptors (Lipinski definition) is 4. The molecule has 0 aliphatic rings. The van der Waals surface area contributed by atoms with Crippen molar-refractivity contribution in [3.05, 3.63) is 51.0 Å². The molecule has 0 spiro atoms. The maximum Gasteiger partial charge on any atom is 0.336 e. The van der Waals surface area contributed by atoms with Gasteiger partial charge in [0.1, 0.15) is 0 Å². The number of aryl methyl sites for hydroxylation is 1. The van der Waals surface area contributed by atoms with Gasteiger partial charge in [-0.1, -0.05) is 0 Å². The molecule has 0 saturated carbocycles. The van der Waals surface area contributed by atoms with Crippen LogP contribution in [-0.2, 0) is 6.54 Å². The Kier molecular flexibility index (Phi) is 4.27. The van der Waals surface area contributed by atoms with Crippen molar-refractivity contribution in [2.45, 2.75) is 13.5 Å². The second-order valence-electron chi connectivity index (χ2n) is 4.16. The molecule has 8 heteroatoms. The molecule has 1 aromatic heterocycles. The number of carbonyl (C=O) groups excluding carboxylic acids is 1. The summed E-state index contributed by atoms with van der Waals surface area (Å²) in [6, 6.07) is 1.06. The number of rotatable bonds is 4. The number of thiazole rings is 1. The first-order chi connectivity index (χ1) is 9.88. The van der Waals surface area contributed by atoms with E-state index < -0.39 is 34.6 Å². The zero-order valence-corrected chi connectivity index (χ0v) is 11.6. The molecule has 1 amide bonds. The Labute approximate surface area is 122 Å². The van der Waals surface area contributed by atoms with E-state index in [-0.39, 0.29) is 6.54 Å². The summed E-state index contributed by atoms with van der Waals surface area (Å²) in [5, 5.41) is 13.9. The molecule has 1 heterocycles. The van der Waals surface area contributed by atoms with Crippen molar-refractivity contribution in [1.29, 1.82) is 0 Å². The first-order valence-corrected chi connectivity index (χ1v) is 6.68. The highest BCUT2D eigenvalue weighted by Gasteiger charge is 2.20. The van der Waals surface area contributed by atoms with E-state index in [4.69, 9.17) is 5.11 Å². The Bertz CT molecular complexity index is 715. The zero-order valence-electron chi connectivity index (χ0n) is 10.8. The normalized spacial score (nSPS) is 10.4. The molecule has 5 nitrogen and oxygen atoms in total. The highest BCUT2D eigenvalue weighted by molar-refractivity contribution is 7.09. The van der Waals surface area contributed by atoms with Gasteiger partial charge in [-0.2, -0.15) is 0 Å². The number of aromatic nitrogens is 1. The van der Waals surface area contributed by atoms with E-state index >= 15 is 0 Å². The van der Waals surface area contributed by atoms with Crippen molar-refractivity contribution in [3.63, 3.8) is 0 Å². The highest BCUT2D eigenvalue weighted by Crippen LogP contribution is 2.16. The predicted octanol–water partition coefficient (Wildman–Crippen LogP) is 2.36. The number of carbonyl (C=O) groups is 2. The van der Waals surface area contributed by atoms with Crippen molar-refractivity contribution in [3.8, 4) is 0 Å². The maximum atomic E-state index is 13.2. The molecule has 0 radical (unpaired) electrons. The molecule has 2 rings (SSSR count). The average molecular weight is 312 g/mol. The number of nitrogens with one attached hydrogen (secondary N) is 1. The summed E-state index contributed by atoms with van der Waals surface area (Å²) in [7, 11) is 0. The van der Waals surface area contributed by atoms with Crippen LogP contribution in [0.3, 0.4) is 0 Å². The molecular weight excluding hydrogens is 302 g/mol. The van der Waals surface area contributed by atoms with E-state index in [9.17, 15) is 18.4 Å². The van der Waals surface area contributed by atoms with Crippen LogP contribution in [0.1, 0.15) is 31.4 Å². The minimum atomic E-state index is -1.51. The first-order valence-electron chi connectivity index (χ1n) is 5.80. The van der Waals surface area contributed by atoms with Crippen molar-refractivity contribution >= 4 is 23.2 Å². The van der Waals surface area contributed by atoms with Crippen LogP contribution >= 0.6 is 11.3 Å². The van der Waals surface area contributed by atoms with Gasteiger partial charge in [-0.3, -0.25) is 4.79 Å². The lowest BCUT2D eigenvalue weighted by atomic mass is 10.1. The van der Waals surface area contributed by atoms with Crippen molar-refractivity contribution in [2.75, 3.05) is 0 Å². The van der Waals surface area contributed by atoms with Crippen LogP contribution in [-0.4, -0.2) is 22.0 Å². The summed E-state index contributed by atoms with van der Waals surface area (Å²) in [6.07, 6.45) is 0. The Morgan fingerprint density at radius 1 is 1.29 bits per heavy atom. The number of nitrogens with zero attached hydrogens (tertiary/aromatic N) is 1. The maximum absolute atomic E-state index is 13.2. The van der Waals surface area contributed by atoms with E-state index in [0.29, 0.717) is 17.8 Å². The largest absolute Gasteiger partial charge is 0.478 e. The first kappa shape index (κ1) is 15.0. The van der Waals surface area contributed by atoms with Crippen molar-refractivity contribution in [1.82, 2.24) is 10.3 Å². The molecule has 0 atom stereocenters. The van der Waals surface area contributed by atoms with Crippen LogP contribution < -0.4 is 5.32 Å². The van der Waals surface area contributed by atoms with Crippen LogP contribution in [0.15, 0.2) is 17.5 Å². The van der Waals surface area contributed by atoms with Gasteiger partial charge in [0.25, 0.3) is 5.91 Å². The van der Waals surface area contributed by atoms with Crippen molar-refractivity contribution < 1.29 is 23.5 Å². The monoisotopic (exact) mass is 312 g/mol. The lowest BCUT2D eigenvalue weighted by molar-refractivity contribution is 0.0690. The zero-order chi connectivity index (χ0) is 15.6. The number of carboxylic acid groups (broad SMARTS) is 1. The molecule has 0 aliphatic carbocycles. The van der Waals surface area contributed by atoms with Gasteiger partial charge in [-0.25, -0.2) is 18.6 Å². The number of carboxylic acids is 1. The summed E-state index contributed by atoms with van der Waals surface area (Å²) < 4.78 is 26.2. The topological polar surface area (TPSA) is 79.3 Å². The van der Waals surface area contributed by atoms with E-state index in [1.807, 2.05) is 0 Å². The fourth-order valence-electron chi connectivity index (χ4n) is 1.67. The van der Waals surface area contributed by atoms with Gasteiger partial charge in [0, 0.05) is 5.38 Å². The minimum Gasteiger partial charge on any atom is -0.478 e. The third-order valence-corrected chi connectivity index (χ3v) is 3.45. The van der Waals surface area contributed by atoms with Gasteiger partial charge in [0.15, 0.2) is 11.6 Å². The SMILES string of the molecule is Cc1nc(CNC(=O)c2cc(F)c(F)cc2C(=O)O)cs1. The van der Waals surface area contributed by atoms with Gasteiger partial charge >= 0.3 is 5.97 Å². The lowest BCUT2D eigenvalue weighted by Crippen LogP contribution is -2.25. The number of aromatic carboxylic acids is 1. The molecule has 1 aromatic carbocycles. The van der Waals surface area contributed by atoms with Gasteiger partial charge < -0.3 is 10.4 Å². The molecular formula is C13H10F2N2O3S. The van der Waals surface area contributed by atoms with E-state index in [2.05, 4.69) is 10.3 Å².